The van der Waals surface area contributed by atoms with Gasteiger partial charge in [0.25, 0.3) is 0 Å². The minimum absolute atomic E-state index is 0.741. The van der Waals surface area contributed by atoms with Crippen molar-refractivity contribution in [2.45, 2.75) is 0 Å². The molecule has 0 aliphatic carbocycles. The Bertz CT molecular complexity index is 503. The van der Waals surface area contributed by atoms with E-state index in [1.165, 1.54) is 0 Å². The summed E-state index contributed by atoms with van der Waals surface area (Å²) in [5, 5.41) is 6.99. The van der Waals surface area contributed by atoms with Gasteiger partial charge >= 0.3 is 0 Å². The van der Waals surface area contributed by atoms with Crippen LogP contribution >= 0.6 is 0 Å². The fourth-order valence-corrected chi connectivity index (χ4v) is 1.57. The van der Waals surface area contributed by atoms with Gasteiger partial charge in [-0.1, -0.05) is 29.5 Å². The zero-order valence-electron chi connectivity index (χ0n) is 9.50. The van der Waals surface area contributed by atoms with E-state index < -0.39 is 0 Å². The molecule has 0 saturated carbocycles. The maximum atomic E-state index is 5.11. The fraction of sp³-hybridized carbons (Fsp3) is 0.0769. The highest BCUT2D eigenvalue weighted by molar-refractivity contribution is 5.65. The van der Waals surface area contributed by atoms with Crippen LogP contribution in [0, 0.1) is 0 Å². The SMILES string of the molecule is COc1ccc(-c2ccc(N=NN)cc2)cc1. The Morgan fingerprint density at radius 3 is 1.88 bits per heavy atom. The van der Waals surface area contributed by atoms with Gasteiger partial charge < -0.3 is 10.6 Å². The number of ether oxygens (including phenoxy) is 1. The highest BCUT2D eigenvalue weighted by Crippen LogP contribution is 2.24. The van der Waals surface area contributed by atoms with Gasteiger partial charge in [0.05, 0.1) is 12.8 Å². The Morgan fingerprint density at radius 2 is 1.41 bits per heavy atom. The molecule has 2 rings (SSSR count). The van der Waals surface area contributed by atoms with E-state index in [-0.39, 0.29) is 0 Å². The Balaban J connectivity index is 2.26. The van der Waals surface area contributed by atoms with E-state index in [2.05, 4.69) is 10.3 Å². The van der Waals surface area contributed by atoms with E-state index in [4.69, 9.17) is 10.6 Å². The molecule has 0 aliphatic rings. The van der Waals surface area contributed by atoms with E-state index in [0.717, 1.165) is 22.6 Å². The van der Waals surface area contributed by atoms with Gasteiger partial charge in [-0.25, -0.2) is 0 Å². The van der Waals surface area contributed by atoms with Crippen molar-refractivity contribution in [3.63, 3.8) is 0 Å². The van der Waals surface area contributed by atoms with Crippen molar-refractivity contribution >= 4 is 5.69 Å². The second-order valence-electron chi connectivity index (χ2n) is 3.49. The van der Waals surface area contributed by atoms with E-state index >= 15 is 0 Å². The van der Waals surface area contributed by atoms with Crippen molar-refractivity contribution in [1.82, 2.24) is 0 Å². The van der Waals surface area contributed by atoms with Gasteiger partial charge in [0.1, 0.15) is 5.75 Å². The monoisotopic (exact) mass is 227 g/mol. The molecule has 0 unspecified atom stereocenters. The molecule has 0 saturated heterocycles. The lowest BCUT2D eigenvalue weighted by Crippen LogP contribution is -1.82. The Hall–Kier alpha value is -2.36. The van der Waals surface area contributed by atoms with Gasteiger partial charge in [-0.3, -0.25) is 0 Å². The second kappa shape index (κ2) is 5.12. The van der Waals surface area contributed by atoms with Crippen LogP contribution in [-0.4, -0.2) is 7.11 Å². The van der Waals surface area contributed by atoms with Crippen LogP contribution in [0.15, 0.2) is 58.9 Å². The lowest BCUT2D eigenvalue weighted by molar-refractivity contribution is 0.415. The third-order valence-electron chi connectivity index (χ3n) is 2.46. The van der Waals surface area contributed by atoms with Crippen LogP contribution in [0.25, 0.3) is 11.1 Å². The third-order valence-corrected chi connectivity index (χ3v) is 2.46. The van der Waals surface area contributed by atoms with Crippen LogP contribution in [0.1, 0.15) is 0 Å². The van der Waals surface area contributed by atoms with Crippen molar-refractivity contribution < 1.29 is 4.74 Å². The molecule has 86 valence electrons. The van der Waals surface area contributed by atoms with E-state index in [1.54, 1.807) is 7.11 Å². The number of nitrogens with zero attached hydrogens (tertiary/aromatic N) is 2. The summed E-state index contributed by atoms with van der Waals surface area (Å²) in [5.74, 6) is 5.84. The first kappa shape index (κ1) is 11.1. The molecule has 0 amide bonds. The standard InChI is InChI=1S/C13H13N3O/c1-17-13-8-4-11(5-9-13)10-2-6-12(7-3-10)15-16-14/h2-9H,1H3,(H2,14,15). The molecular formula is C13H13N3O. The summed E-state index contributed by atoms with van der Waals surface area (Å²) in [4.78, 5) is 0. The van der Waals surface area contributed by atoms with E-state index in [0.29, 0.717) is 0 Å². The Morgan fingerprint density at radius 1 is 0.882 bits per heavy atom. The van der Waals surface area contributed by atoms with Crippen molar-refractivity contribution in [2.75, 3.05) is 7.11 Å². The molecule has 0 spiro atoms. The molecule has 2 aromatic rings. The van der Waals surface area contributed by atoms with Gasteiger partial charge in [-0.05, 0) is 35.4 Å². The van der Waals surface area contributed by atoms with Gasteiger partial charge in [-0.15, -0.1) is 5.11 Å². The van der Waals surface area contributed by atoms with Crippen LogP contribution in [0.2, 0.25) is 0 Å². The summed E-state index contributed by atoms with van der Waals surface area (Å²) < 4.78 is 5.11. The van der Waals surface area contributed by atoms with Crippen LogP contribution in [0.4, 0.5) is 5.69 Å². The summed E-state index contributed by atoms with van der Waals surface area (Å²) in [6.07, 6.45) is 0. The summed E-state index contributed by atoms with van der Waals surface area (Å²) in [6, 6.07) is 15.6. The average Bonchev–Trinajstić information content (AvgIpc) is 2.40. The van der Waals surface area contributed by atoms with E-state index in [9.17, 15) is 0 Å². The van der Waals surface area contributed by atoms with Crippen LogP contribution < -0.4 is 10.6 Å². The zero-order valence-corrected chi connectivity index (χ0v) is 9.50. The molecule has 17 heavy (non-hydrogen) atoms. The molecule has 2 aromatic carbocycles. The molecule has 0 radical (unpaired) electrons. The van der Waals surface area contributed by atoms with Crippen molar-refractivity contribution in [3.05, 3.63) is 48.5 Å². The molecular weight excluding hydrogens is 214 g/mol. The lowest BCUT2D eigenvalue weighted by atomic mass is 10.1. The molecule has 0 aromatic heterocycles. The van der Waals surface area contributed by atoms with E-state index in [1.807, 2.05) is 48.5 Å². The predicted octanol–water partition coefficient (Wildman–Crippen LogP) is 3.32. The molecule has 0 atom stereocenters. The maximum Gasteiger partial charge on any atom is 0.118 e. The van der Waals surface area contributed by atoms with Crippen molar-refractivity contribution in [1.29, 1.82) is 0 Å². The topological polar surface area (TPSA) is 60.0 Å². The molecule has 4 heteroatoms. The molecule has 2 N–H and O–H groups in total. The number of benzene rings is 2. The minimum atomic E-state index is 0.741. The number of methoxy groups -OCH3 is 1. The summed E-state index contributed by atoms with van der Waals surface area (Å²) in [6.45, 7) is 0. The largest absolute Gasteiger partial charge is 0.497 e. The quantitative estimate of drug-likeness (QED) is 0.496. The smallest absolute Gasteiger partial charge is 0.118 e. The van der Waals surface area contributed by atoms with Crippen molar-refractivity contribution in [3.8, 4) is 16.9 Å². The maximum absolute atomic E-state index is 5.11. The van der Waals surface area contributed by atoms with Gasteiger partial charge in [0.15, 0.2) is 0 Å². The summed E-state index contributed by atoms with van der Waals surface area (Å²) >= 11 is 0. The van der Waals surface area contributed by atoms with Gasteiger partial charge in [0, 0.05) is 0 Å². The summed E-state index contributed by atoms with van der Waals surface area (Å²) in [5.41, 5.74) is 2.98. The Labute approximate surface area is 99.7 Å². The zero-order chi connectivity index (χ0) is 12.1. The first-order chi connectivity index (χ1) is 8.33. The molecule has 0 heterocycles. The van der Waals surface area contributed by atoms with Crippen LogP contribution in [0.5, 0.6) is 5.75 Å². The number of rotatable bonds is 3. The first-order valence-corrected chi connectivity index (χ1v) is 5.19. The Kier molecular flexibility index (Phi) is 3.35. The number of hydrogen-bond acceptors (Lipinski definition) is 3. The average molecular weight is 227 g/mol. The van der Waals surface area contributed by atoms with Gasteiger partial charge in [-0.2, -0.15) is 0 Å². The van der Waals surface area contributed by atoms with Gasteiger partial charge in [0.2, 0.25) is 0 Å². The first-order valence-electron chi connectivity index (χ1n) is 5.19. The highest BCUT2D eigenvalue weighted by atomic mass is 16.5. The molecule has 0 fully saturated rings. The van der Waals surface area contributed by atoms with Crippen molar-refractivity contribution in [2.24, 2.45) is 16.2 Å². The van der Waals surface area contributed by atoms with Crippen LogP contribution in [-0.2, 0) is 0 Å². The number of nitrogens with two attached hydrogens (primary N) is 1. The normalized spacial score (nSPS) is 10.6. The number of hydrogen-bond donors (Lipinski definition) is 1. The molecule has 4 nitrogen and oxygen atoms in total. The van der Waals surface area contributed by atoms with Crippen LogP contribution in [0.3, 0.4) is 0 Å². The third kappa shape index (κ3) is 2.60. The minimum Gasteiger partial charge on any atom is -0.497 e. The highest BCUT2D eigenvalue weighted by Gasteiger charge is 1.98. The predicted molar refractivity (Wildman–Crippen MR) is 67.1 cm³/mol. The lowest BCUT2D eigenvalue weighted by Gasteiger charge is -2.03. The molecule has 0 aliphatic heterocycles. The summed E-state index contributed by atoms with van der Waals surface area (Å²) in [7, 11) is 1.65. The fourth-order valence-electron chi connectivity index (χ4n) is 1.57. The molecule has 0 bridgehead atoms. The second-order valence-corrected chi connectivity index (χ2v) is 3.49.